The highest BCUT2D eigenvalue weighted by molar-refractivity contribution is 7.98. The Morgan fingerprint density at radius 2 is 1.79 bits per heavy atom. The average Bonchev–Trinajstić information content (AvgIpc) is 3.18. The number of halogens is 2. The number of rotatable bonds is 8. The maximum absolute atomic E-state index is 13.9. The molecule has 0 aliphatic heterocycles. The number of Topliss-reactive ketones (excluding diaryl/α,β-unsaturated/α-hetero) is 1. The Bertz CT molecular complexity index is 1330. The molecule has 4 nitrogen and oxygen atoms in total. The predicted molar refractivity (Wildman–Crippen MR) is 129 cm³/mol. The second kappa shape index (κ2) is 9.97. The van der Waals surface area contributed by atoms with E-state index in [0.717, 1.165) is 29.8 Å². The van der Waals surface area contributed by atoms with E-state index < -0.39 is 17.6 Å². The van der Waals surface area contributed by atoms with Crippen molar-refractivity contribution in [2.45, 2.75) is 44.1 Å². The molecule has 0 radical (unpaired) electrons. The molecule has 4 aromatic rings. The number of fused-ring (bicyclic) bond motifs is 1. The molecule has 1 heterocycles. The van der Waals surface area contributed by atoms with Crippen molar-refractivity contribution in [3.63, 3.8) is 0 Å². The highest BCUT2D eigenvalue weighted by atomic mass is 32.2. The monoisotopic (exact) mass is 481 g/mol. The van der Waals surface area contributed by atoms with Gasteiger partial charge in [-0.15, -0.1) is 0 Å². The summed E-state index contributed by atoms with van der Waals surface area (Å²) in [7, 11) is 0. The molecule has 0 bridgehead atoms. The Morgan fingerprint density at radius 3 is 2.47 bits per heavy atom. The third-order valence-corrected chi connectivity index (χ3v) is 6.51. The first-order valence-corrected chi connectivity index (χ1v) is 12.0. The Balaban J connectivity index is 1.52. The van der Waals surface area contributed by atoms with Crippen LogP contribution < -0.4 is 0 Å². The van der Waals surface area contributed by atoms with Gasteiger partial charge in [0.2, 0.25) is 0 Å². The summed E-state index contributed by atoms with van der Waals surface area (Å²) >= 11 is 1.14. The zero-order chi connectivity index (χ0) is 24.4. The summed E-state index contributed by atoms with van der Waals surface area (Å²) < 4.78 is 32.6. The van der Waals surface area contributed by atoms with E-state index in [-0.39, 0.29) is 28.1 Å². The number of hydrogen-bond acceptors (Lipinski definition) is 5. The number of oxazole rings is 1. The molecule has 0 aliphatic rings. The minimum absolute atomic E-state index is 0.167. The maximum Gasteiger partial charge on any atom is 0.257 e. The number of aromatic nitrogens is 1. The molecule has 1 atom stereocenters. The minimum atomic E-state index is -0.639. The van der Waals surface area contributed by atoms with Crippen molar-refractivity contribution in [2.24, 2.45) is 5.92 Å². The number of hydrogen-bond donors (Lipinski definition) is 1. The van der Waals surface area contributed by atoms with Gasteiger partial charge in [0.05, 0.1) is 5.56 Å². The second-order valence-electron chi connectivity index (χ2n) is 8.77. The van der Waals surface area contributed by atoms with Crippen LogP contribution in [0.15, 0.2) is 64.2 Å². The van der Waals surface area contributed by atoms with Crippen molar-refractivity contribution in [1.29, 1.82) is 0 Å². The highest BCUT2D eigenvalue weighted by Gasteiger charge is 2.22. The van der Waals surface area contributed by atoms with Crippen LogP contribution in [0, 0.1) is 17.6 Å². The first-order chi connectivity index (χ1) is 16.2. The first kappa shape index (κ1) is 24.0. The lowest BCUT2D eigenvalue weighted by atomic mass is 9.90. The van der Waals surface area contributed by atoms with Crippen molar-refractivity contribution in [3.8, 4) is 5.75 Å². The summed E-state index contributed by atoms with van der Waals surface area (Å²) in [6.07, 6.45) is 0.973. The van der Waals surface area contributed by atoms with Crippen LogP contribution in [-0.4, -0.2) is 15.9 Å². The van der Waals surface area contributed by atoms with Gasteiger partial charge in [-0.1, -0.05) is 62.9 Å². The number of carbonyl (C=O) groups excluding carboxylic acids is 1. The molecule has 0 saturated heterocycles. The Labute approximate surface area is 201 Å². The van der Waals surface area contributed by atoms with E-state index in [0.29, 0.717) is 22.6 Å². The molecule has 0 aliphatic carbocycles. The lowest BCUT2D eigenvalue weighted by Gasteiger charge is -2.13. The molecular weight excluding hydrogens is 456 g/mol. The fourth-order valence-corrected chi connectivity index (χ4v) is 4.60. The fourth-order valence-electron chi connectivity index (χ4n) is 3.78. The van der Waals surface area contributed by atoms with E-state index >= 15 is 0 Å². The third kappa shape index (κ3) is 5.30. The van der Waals surface area contributed by atoms with Gasteiger partial charge in [-0.25, -0.2) is 13.8 Å². The van der Waals surface area contributed by atoms with Gasteiger partial charge in [-0.2, -0.15) is 0 Å². The van der Waals surface area contributed by atoms with E-state index in [1.807, 2.05) is 31.2 Å². The predicted octanol–water partition coefficient (Wildman–Crippen LogP) is 7.29. The zero-order valence-corrected chi connectivity index (χ0v) is 20.0. The summed E-state index contributed by atoms with van der Waals surface area (Å²) in [6.45, 7) is 6.13. The SMILES string of the molecule is CC(C)Cc1ccc(C(C)C(=O)c2cc3nc(SCc4ccc(F)cc4F)oc3cc2O)cc1. The highest BCUT2D eigenvalue weighted by Crippen LogP contribution is 2.33. The summed E-state index contributed by atoms with van der Waals surface area (Å²) in [5, 5.41) is 10.8. The van der Waals surface area contributed by atoms with Crippen molar-refractivity contribution in [1.82, 2.24) is 4.98 Å². The van der Waals surface area contributed by atoms with Crippen LogP contribution >= 0.6 is 11.8 Å². The van der Waals surface area contributed by atoms with Crippen LogP contribution in [0.1, 0.15) is 53.7 Å². The number of aromatic hydroxyl groups is 1. The molecule has 0 saturated carbocycles. The normalized spacial score (nSPS) is 12.4. The van der Waals surface area contributed by atoms with Crippen LogP contribution in [0.5, 0.6) is 5.75 Å². The molecule has 4 rings (SSSR count). The van der Waals surface area contributed by atoms with Crippen molar-refractivity contribution < 1.29 is 23.1 Å². The van der Waals surface area contributed by atoms with Crippen LogP contribution in [0.3, 0.4) is 0 Å². The van der Waals surface area contributed by atoms with Gasteiger partial charge in [-0.3, -0.25) is 4.79 Å². The minimum Gasteiger partial charge on any atom is -0.507 e. The molecule has 7 heteroatoms. The van der Waals surface area contributed by atoms with E-state index in [9.17, 15) is 18.7 Å². The summed E-state index contributed by atoms with van der Waals surface area (Å²) in [4.78, 5) is 17.5. The number of phenolic OH excluding ortho intramolecular Hbond substituents is 1. The van der Waals surface area contributed by atoms with Gasteiger partial charge in [0.25, 0.3) is 5.22 Å². The van der Waals surface area contributed by atoms with Crippen LogP contribution in [0.4, 0.5) is 8.78 Å². The first-order valence-electron chi connectivity index (χ1n) is 11.0. The number of benzene rings is 3. The van der Waals surface area contributed by atoms with E-state index in [4.69, 9.17) is 4.42 Å². The molecule has 0 fully saturated rings. The van der Waals surface area contributed by atoms with Crippen LogP contribution in [0.2, 0.25) is 0 Å². The average molecular weight is 482 g/mol. The summed E-state index contributed by atoms with van der Waals surface area (Å²) in [6, 6.07) is 14.3. The largest absolute Gasteiger partial charge is 0.507 e. The van der Waals surface area contributed by atoms with Gasteiger partial charge in [0.15, 0.2) is 11.4 Å². The molecule has 176 valence electrons. The van der Waals surface area contributed by atoms with Crippen molar-refractivity contribution in [3.05, 3.63) is 88.5 Å². The molecule has 1 N–H and O–H groups in total. The Kier molecular flexibility index (Phi) is 7.03. The molecule has 0 amide bonds. The summed E-state index contributed by atoms with van der Waals surface area (Å²) in [5.41, 5.74) is 3.32. The van der Waals surface area contributed by atoms with E-state index in [1.54, 1.807) is 0 Å². The van der Waals surface area contributed by atoms with Gasteiger partial charge in [0.1, 0.15) is 22.9 Å². The second-order valence-corrected chi connectivity index (χ2v) is 9.69. The van der Waals surface area contributed by atoms with E-state index in [2.05, 4.69) is 18.8 Å². The molecule has 1 aromatic heterocycles. The number of ketones is 1. The fraction of sp³-hybridized carbons (Fsp3) is 0.259. The summed E-state index contributed by atoms with van der Waals surface area (Å²) in [5.74, 6) is -1.38. The molecule has 1 unspecified atom stereocenters. The van der Waals surface area contributed by atoms with E-state index in [1.165, 1.54) is 29.8 Å². The van der Waals surface area contributed by atoms with Crippen molar-refractivity contribution in [2.75, 3.05) is 0 Å². The maximum atomic E-state index is 13.9. The third-order valence-electron chi connectivity index (χ3n) is 5.63. The standard InChI is InChI=1S/C27H25F2NO3S/c1-15(2)10-17-4-6-18(7-5-17)16(3)26(32)21-12-23-25(13-24(21)31)33-27(30-23)34-14-19-8-9-20(28)11-22(19)29/h4-9,11-13,15-16,31H,10,14H2,1-3H3. The number of thioether (sulfide) groups is 1. The Morgan fingerprint density at radius 1 is 1.06 bits per heavy atom. The quantitative estimate of drug-likeness (QED) is 0.211. The zero-order valence-electron chi connectivity index (χ0n) is 19.1. The molecule has 0 spiro atoms. The van der Waals surface area contributed by atoms with Gasteiger partial charge >= 0.3 is 0 Å². The van der Waals surface area contributed by atoms with Gasteiger partial charge < -0.3 is 9.52 Å². The number of phenols is 1. The van der Waals surface area contributed by atoms with Crippen LogP contribution in [-0.2, 0) is 12.2 Å². The van der Waals surface area contributed by atoms with Gasteiger partial charge in [-0.05, 0) is 41.2 Å². The smallest absolute Gasteiger partial charge is 0.257 e. The van der Waals surface area contributed by atoms with Crippen LogP contribution in [0.25, 0.3) is 11.1 Å². The molecule has 3 aromatic carbocycles. The molecule has 34 heavy (non-hydrogen) atoms. The Hall–Kier alpha value is -3.19. The number of carbonyl (C=O) groups is 1. The topological polar surface area (TPSA) is 63.3 Å². The lowest BCUT2D eigenvalue weighted by molar-refractivity contribution is 0.0963. The number of nitrogens with zero attached hydrogens (tertiary/aromatic N) is 1. The van der Waals surface area contributed by atoms with Gasteiger partial charge in [0, 0.05) is 23.8 Å². The van der Waals surface area contributed by atoms with Crippen molar-refractivity contribution >= 4 is 28.6 Å². The lowest BCUT2D eigenvalue weighted by Crippen LogP contribution is -2.10. The molecular formula is C27H25F2NO3S.